The van der Waals surface area contributed by atoms with E-state index in [1.165, 1.54) is 37.4 Å². The SMILES string of the molecule is CC(=O)c1cccc(NC(=O)c2ccnc(C(=O)Nc3ccc(F)c(F)c3)c2)c1. The number of carbonyl (C=O) groups is 3. The molecule has 2 N–H and O–H groups in total. The Bertz CT molecular complexity index is 1120. The highest BCUT2D eigenvalue weighted by atomic mass is 19.2. The summed E-state index contributed by atoms with van der Waals surface area (Å²) in [6.45, 7) is 1.42. The summed E-state index contributed by atoms with van der Waals surface area (Å²) in [6.07, 6.45) is 1.28. The van der Waals surface area contributed by atoms with Crippen molar-refractivity contribution < 1.29 is 23.2 Å². The molecule has 3 aromatic rings. The molecule has 0 aliphatic carbocycles. The Balaban J connectivity index is 1.75. The predicted molar refractivity (Wildman–Crippen MR) is 103 cm³/mol. The van der Waals surface area contributed by atoms with Gasteiger partial charge in [-0.15, -0.1) is 0 Å². The van der Waals surface area contributed by atoms with E-state index >= 15 is 0 Å². The second kappa shape index (κ2) is 8.39. The van der Waals surface area contributed by atoms with Gasteiger partial charge in [-0.1, -0.05) is 12.1 Å². The van der Waals surface area contributed by atoms with Crippen LogP contribution in [-0.4, -0.2) is 22.6 Å². The van der Waals surface area contributed by atoms with Crippen molar-refractivity contribution in [1.29, 1.82) is 0 Å². The number of ketones is 1. The monoisotopic (exact) mass is 395 g/mol. The molecule has 0 bridgehead atoms. The van der Waals surface area contributed by atoms with Crippen molar-refractivity contribution in [1.82, 2.24) is 4.98 Å². The standard InChI is InChI=1S/C21H15F2N3O3/c1-12(27)13-3-2-4-15(9-13)25-20(28)14-7-8-24-19(10-14)21(29)26-16-5-6-17(22)18(23)11-16/h2-11H,1H3,(H,25,28)(H,26,29). The van der Waals surface area contributed by atoms with Gasteiger partial charge in [-0.05, 0) is 43.3 Å². The number of nitrogens with zero attached hydrogens (tertiary/aromatic N) is 1. The van der Waals surface area contributed by atoms with Crippen molar-refractivity contribution in [3.05, 3.63) is 89.2 Å². The predicted octanol–water partition coefficient (Wildman–Crippen LogP) is 4.07. The number of halogens is 2. The van der Waals surface area contributed by atoms with Gasteiger partial charge in [0.1, 0.15) is 5.69 Å². The van der Waals surface area contributed by atoms with Gasteiger partial charge in [0.25, 0.3) is 11.8 Å². The van der Waals surface area contributed by atoms with E-state index in [4.69, 9.17) is 0 Å². The number of amides is 2. The van der Waals surface area contributed by atoms with Crippen molar-refractivity contribution in [2.45, 2.75) is 6.92 Å². The molecule has 8 heteroatoms. The number of nitrogens with one attached hydrogen (secondary N) is 2. The fraction of sp³-hybridized carbons (Fsp3) is 0.0476. The van der Waals surface area contributed by atoms with Gasteiger partial charge >= 0.3 is 0 Å². The van der Waals surface area contributed by atoms with Gasteiger partial charge < -0.3 is 10.6 Å². The van der Waals surface area contributed by atoms with Crippen LogP contribution < -0.4 is 10.6 Å². The Labute approximate surface area is 164 Å². The van der Waals surface area contributed by atoms with Crippen molar-refractivity contribution in [3.63, 3.8) is 0 Å². The normalized spacial score (nSPS) is 10.3. The van der Waals surface area contributed by atoms with E-state index in [0.717, 1.165) is 12.1 Å². The second-order valence-corrected chi connectivity index (χ2v) is 6.10. The van der Waals surface area contributed by atoms with E-state index in [9.17, 15) is 23.2 Å². The first-order valence-corrected chi connectivity index (χ1v) is 8.48. The summed E-state index contributed by atoms with van der Waals surface area (Å²) >= 11 is 0. The largest absolute Gasteiger partial charge is 0.322 e. The van der Waals surface area contributed by atoms with Crippen LogP contribution in [0.3, 0.4) is 0 Å². The number of pyridine rings is 1. The molecule has 0 saturated carbocycles. The Morgan fingerprint density at radius 1 is 0.793 bits per heavy atom. The molecule has 6 nitrogen and oxygen atoms in total. The summed E-state index contributed by atoms with van der Waals surface area (Å²) in [6, 6.07) is 12.0. The van der Waals surface area contributed by atoms with Crippen LogP contribution in [0.15, 0.2) is 60.8 Å². The van der Waals surface area contributed by atoms with Crippen LogP contribution in [0.1, 0.15) is 38.1 Å². The molecule has 0 fully saturated rings. The first-order valence-electron chi connectivity index (χ1n) is 8.48. The minimum atomic E-state index is -1.10. The lowest BCUT2D eigenvalue weighted by atomic mass is 10.1. The molecule has 0 aliphatic heterocycles. The van der Waals surface area contributed by atoms with Gasteiger partial charge in [0.2, 0.25) is 0 Å². The molecular formula is C21H15F2N3O3. The lowest BCUT2D eigenvalue weighted by Crippen LogP contribution is -2.17. The highest BCUT2D eigenvalue weighted by Gasteiger charge is 2.14. The zero-order chi connectivity index (χ0) is 21.0. The Kier molecular flexibility index (Phi) is 5.73. The molecular weight excluding hydrogens is 380 g/mol. The number of carbonyl (C=O) groups excluding carboxylic acids is 3. The molecule has 2 amide bonds. The number of rotatable bonds is 5. The molecule has 0 atom stereocenters. The third kappa shape index (κ3) is 4.86. The maximum atomic E-state index is 13.3. The van der Waals surface area contributed by atoms with Crippen LogP contribution in [0.4, 0.5) is 20.2 Å². The molecule has 0 spiro atoms. The fourth-order valence-electron chi connectivity index (χ4n) is 2.48. The second-order valence-electron chi connectivity index (χ2n) is 6.10. The van der Waals surface area contributed by atoms with Crippen LogP contribution in [0.2, 0.25) is 0 Å². The lowest BCUT2D eigenvalue weighted by Gasteiger charge is -2.08. The average Bonchev–Trinajstić information content (AvgIpc) is 2.71. The summed E-state index contributed by atoms with van der Waals surface area (Å²) < 4.78 is 26.3. The summed E-state index contributed by atoms with van der Waals surface area (Å²) in [7, 11) is 0. The summed E-state index contributed by atoms with van der Waals surface area (Å²) in [5.74, 6) is -3.47. The van der Waals surface area contributed by atoms with E-state index in [1.54, 1.807) is 18.2 Å². The Morgan fingerprint density at radius 2 is 1.52 bits per heavy atom. The molecule has 0 radical (unpaired) electrons. The van der Waals surface area contributed by atoms with Crippen LogP contribution in [0.25, 0.3) is 0 Å². The van der Waals surface area contributed by atoms with E-state index in [2.05, 4.69) is 15.6 Å². The molecule has 2 aromatic carbocycles. The van der Waals surface area contributed by atoms with Crippen molar-refractivity contribution in [3.8, 4) is 0 Å². The molecule has 0 saturated heterocycles. The minimum Gasteiger partial charge on any atom is -0.322 e. The molecule has 29 heavy (non-hydrogen) atoms. The van der Waals surface area contributed by atoms with Crippen molar-refractivity contribution in [2.75, 3.05) is 10.6 Å². The van der Waals surface area contributed by atoms with E-state index in [0.29, 0.717) is 11.3 Å². The third-order valence-corrected chi connectivity index (χ3v) is 3.96. The zero-order valence-electron chi connectivity index (χ0n) is 15.2. The number of anilines is 2. The molecule has 0 aliphatic rings. The smallest absolute Gasteiger partial charge is 0.274 e. The topological polar surface area (TPSA) is 88.2 Å². The Morgan fingerprint density at radius 3 is 2.24 bits per heavy atom. The first-order chi connectivity index (χ1) is 13.8. The van der Waals surface area contributed by atoms with Gasteiger partial charge in [-0.25, -0.2) is 8.78 Å². The highest BCUT2D eigenvalue weighted by Crippen LogP contribution is 2.16. The maximum absolute atomic E-state index is 13.3. The van der Waals surface area contributed by atoms with E-state index in [1.807, 2.05) is 0 Å². The van der Waals surface area contributed by atoms with Crippen LogP contribution in [0.5, 0.6) is 0 Å². The fourth-order valence-corrected chi connectivity index (χ4v) is 2.48. The number of hydrogen-bond donors (Lipinski definition) is 2. The zero-order valence-corrected chi connectivity index (χ0v) is 15.2. The van der Waals surface area contributed by atoms with Gasteiger partial charge in [-0.2, -0.15) is 0 Å². The molecule has 0 unspecified atom stereocenters. The van der Waals surface area contributed by atoms with E-state index < -0.39 is 23.4 Å². The molecule has 3 rings (SSSR count). The van der Waals surface area contributed by atoms with Gasteiger partial charge in [0.15, 0.2) is 17.4 Å². The van der Waals surface area contributed by atoms with E-state index in [-0.39, 0.29) is 22.7 Å². The number of hydrogen-bond acceptors (Lipinski definition) is 4. The van der Waals surface area contributed by atoms with Crippen LogP contribution >= 0.6 is 0 Å². The third-order valence-electron chi connectivity index (χ3n) is 3.96. The number of benzene rings is 2. The summed E-state index contributed by atoms with van der Waals surface area (Å²) in [5, 5.41) is 5.03. The molecule has 1 heterocycles. The molecule has 1 aromatic heterocycles. The maximum Gasteiger partial charge on any atom is 0.274 e. The van der Waals surface area contributed by atoms with Crippen LogP contribution in [0, 0.1) is 11.6 Å². The lowest BCUT2D eigenvalue weighted by molar-refractivity contribution is 0.100. The van der Waals surface area contributed by atoms with Crippen LogP contribution in [-0.2, 0) is 0 Å². The number of Topliss-reactive ketones (excluding diaryl/α,β-unsaturated/α-hetero) is 1. The van der Waals surface area contributed by atoms with Crippen molar-refractivity contribution in [2.24, 2.45) is 0 Å². The van der Waals surface area contributed by atoms with Gasteiger partial charge in [0.05, 0.1) is 0 Å². The molecule has 146 valence electrons. The van der Waals surface area contributed by atoms with Crippen molar-refractivity contribution >= 4 is 29.0 Å². The van der Waals surface area contributed by atoms with Gasteiger partial charge in [-0.3, -0.25) is 19.4 Å². The number of aromatic nitrogens is 1. The highest BCUT2D eigenvalue weighted by molar-refractivity contribution is 6.08. The quantitative estimate of drug-likeness (QED) is 0.638. The minimum absolute atomic E-state index is 0.0478. The average molecular weight is 395 g/mol. The van der Waals surface area contributed by atoms with Gasteiger partial charge in [0, 0.05) is 34.8 Å². The summed E-state index contributed by atoms with van der Waals surface area (Å²) in [5.41, 5.74) is 0.992. The summed E-state index contributed by atoms with van der Waals surface area (Å²) in [4.78, 5) is 40.1. The Hall–Kier alpha value is -3.94. The first kappa shape index (κ1) is 19.8.